The van der Waals surface area contributed by atoms with Crippen molar-refractivity contribution in [3.8, 4) is 5.75 Å². The van der Waals surface area contributed by atoms with Crippen LogP contribution in [0, 0.1) is 0 Å². The van der Waals surface area contributed by atoms with Crippen molar-refractivity contribution >= 4 is 5.78 Å². The molecular weight excluding hydrogens is 188 g/mol. The summed E-state index contributed by atoms with van der Waals surface area (Å²) in [5.74, 6) is 1.23. The molecule has 2 heteroatoms. The predicted molar refractivity (Wildman–Crippen MR) is 61.7 cm³/mol. The van der Waals surface area contributed by atoms with Crippen LogP contribution < -0.4 is 4.74 Å². The number of carbonyl (C=O) groups excluding carboxylic acids is 1. The van der Waals surface area contributed by atoms with E-state index in [0.29, 0.717) is 17.9 Å². The van der Waals surface area contributed by atoms with Crippen LogP contribution in [-0.2, 0) is 0 Å². The summed E-state index contributed by atoms with van der Waals surface area (Å²) in [6, 6.07) is 5.76. The maximum Gasteiger partial charge on any atom is 0.166 e. The summed E-state index contributed by atoms with van der Waals surface area (Å²) in [6.07, 6.45) is 0.512. The second-order valence-corrected chi connectivity index (χ2v) is 3.86. The van der Waals surface area contributed by atoms with E-state index in [9.17, 15) is 4.79 Å². The molecule has 1 aromatic carbocycles. The highest BCUT2D eigenvalue weighted by atomic mass is 16.5. The van der Waals surface area contributed by atoms with E-state index < -0.39 is 0 Å². The molecular formula is C13H18O2. The van der Waals surface area contributed by atoms with Crippen LogP contribution >= 0.6 is 0 Å². The number of methoxy groups -OCH3 is 1. The molecule has 0 amide bonds. The second-order valence-electron chi connectivity index (χ2n) is 3.86. The maximum absolute atomic E-state index is 11.7. The van der Waals surface area contributed by atoms with Crippen LogP contribution in [-0.4, -0.2) is 12.9 Å². The first kappa shape index (κ1) is 11.8. The molecule has 0 fully saturated rings. The number of ether oxygens (including phenoxy) is 1. The van der Waals surface area contributed by atoms with E-state index in [1.807, 2.05) is 25.1 Å². The number of para-hydroxylation sites is 1. The largest absolute Gasteiger partial charge is 0.496 e. The minimum atomic E-state index is 0.134. The highest BCUT2D eigenvalue weighted by Gasteiger charge is 2.15. The lowest BCUT2D eigenvalue weighted by Gasteiger charge is -2.14. The highest BCUT2D eigenvalue weighted by molar-refractivity contribution is 5.98. The van der Waals surface area contributed by atoms with Gasteiger partial charge in [-0.1, -0.05) is 32.9 Å². The van der Waals surface area contributed by atoms with E-state index in [2.05, 4.69) is 13.8 Å². The van der Waals surface area contributed by atoms with Crippen molar-refractivity contribution in [1.29, 1.82) is 0 Å². The molecule has 0 aliphatic rings. The first-order valence-corrected chi connectivity index (χ1v) is 5.31. The van der Waals surface area contributed by atoms with Gasteiger partial charge in [0.15, 0.2) is 5.78 Å². The third-order valence-corrected chi connectivity index (χ3v) is 2.49. The average Bonchev–Trinajstić information content (AvgIpc) is 2.26. The molecule has 0 spiro atoms. The zero-order chi connectivity index (χ0) is 11.4. The van der Waals surface area contributed by atoms with E-state index >= 15 is 0 Å². The topological polar surface area (TPSA) is 26.3 Å². The van der Waals surface area contributed by atoms with Crippen molar-refractivity contribution in [1.82, 2.24) is 0 Å². The zero-order valence-electron chi connectivity index (χ0n) is 9.83. The van der Waals surface area contributed by atoms with Crippen LogP contribution in [0.15, 0.2) is 18.2 Å². The molecule has 0 bridgehead atoms. The molecule has 1 rings (SSSR count). The number of ketones is 1. The molecule has 1 aromatic rings. The molecule has 82 valence electrons. The molecule has 2 nitrogen and oxygen atoms in total. The van der Waals surface area contributed by atoms with Gasteiger partial charge in [-0.25, -0.2) is 0 Å². The Morgan fingerprint density at radius 2 is 2.07 bits per heavy atom. The van der Waals surface area contributed by atoms with Crippen LogP contribution in [0.5, 0.6) is 5.75 Å². The van der Waals surface area contributed by atoms with Crippen LogP contribution in [0.3, 0.4) is 0 Å². The molecule has 0 aromatic heterocycles. The Balaban J connectivity index is 3.28. The SMILES string of the molecule is CCC(=O)c1cccc(C(C)C)c1OC. The van der Waals surface area contributed by atoms with E-state index in [1.54, 1.807) is 7.11 Å². The molecule has 0 radical (unpaired) electrons. The van der Waals surface area contributed by atoms with Gasteiger partial charge in [0.2, 0.25) is 0 Å². The van der Waals surface area contributed by atoms with Gasteiger partial charge in [-0.2, -0.15) is 0 Å². The molecule has 0 unspecified atom stereocenters. The van der Waals surface area contributed by atoms with E-state index in [1.165, 1.54) is 0 Å². The monoisotopic (exact) mass is 206 g/mol. The van der Waals surface area contributed by atoms with E-state index in [4.69, 9.17) is 4.74 Å². The van der Waals surface area contributed by atoms with Crippen molar-refractivity contribution in [2.75, 3.05) is 7.11 Å². The summed E-state index contributed by atoms with van der Waals surface area (Å²) in [4.78, 5) is 11.7. The fourth-order valence-electron chi connectivity index (χ4n) is 1.65. The number of carbonyl (C=O) groups is 1. The average molecular weight is 206 g/mol. The van der Waals surface area contributed by atoms with E-state index in [0.717, 1.165) is 11.3 Å². The standard InChI is InChI=1S/C13H18O2/c1-5-12(14)11-8-6-7-10(9(2)3)13(11)15-4/h6-9H,5H2,1-4H3. The molecule has 0 aliphatic carbocycles. The summed E-state index contributed by atoms with van der Waals surface area (Å²) in [5.41, 5.74) is 1.79. The fraction of sp³-hybridized carbons (Fsp3) is 0.462. The number of hydrogen-bond acceptors (Lipinski definition) is 2. The summed E-state index contributed by atoms with van der Waals surface area (Å²) < 4.78 is 5.34. The van der Waals surface area contributed by atoms with Gasteiger partial charge in [0.05, 0.1) is 12.7 Å². The Hall–Kier alpha value is -1.31. The first-order chi connectivity index (χ1) is 7.11. The fourth-order valence-corrected chi connectivity index (χ4v) is 1.65. The maximum atomic E-state index is 11.7. The van der Waals surface area contributed by atoms with Gasteiger partial charge < -0.3 is 4.74 Å². The van der Waals surface area contributed by atoms with Crippen molar-refractivity contribution < 1.29 is 9.53 Å². The minimum Gasteiger partial charge on any atom is -0.496 e. The van der Waals surface area contributed by atoms with Gasteiger partial charge in [0.25, 0.3) is 0 Å². The normalized spacial score (nSPS) is 10.5. The minimum absolute atomic E-state index is 0.134. The Labute approximate surface area is 91.3 Å². The summed E-state index contributed by atoms with van der Waals surface area (Å²) >= 11 is 0. The van der Waals surface area contributed by atoms with Crippen LogP contribution in [0.4, 0.5) is 0 Å². The van der Waals surface area contributed by atoms with Crippen molar-refractivity contribution in [3.05, 3.63) is 29.3 Å². The van der Waals surface area contributed by atoms with Crippen LogP contribution in [0.25, 0.3) is 0 Å². The number of Topliss-reactive ketones (excluding diaryl/α,β-unsaturated/α-hetero) is 1. The van der Waals surface area contributed by atoms with Crippen LogP contribution in [0.2, 0.25) is 0 Å². The lowest BCUT2D eigenvalue weighted by Crippen LogP contribution is -2.04. The molecule has 0 atom stereocenters. The Morgan fingerprint density at radius 1 is 1.40 bits per heavy atom. The van der Waals surface area contributed by atoms with Gasteiger partial charge in [0.1, 0.15) is 5.75 Å². The number of hydrogen-bond donors (Lipinski definition) is 0. The lowest BCUT2D eigenvalue weighted by atomic mass is 9.97. The summed E-state index contributed by atoms with van der Waals surface area (Å²) in [7, 11) is 1.62. The van der Waals surface area contributed by atoms with Crippen LogP contribution in [0.1, 0.15) is 49.0 Å². The van der Waals surface area contributed by atoms with Crippen molar-refractivity contribution in [2.45, 2.75) is 33.1 Å². The quantitative estimate of drug-likeness (QED) is 0.706. The third-order valence-electron chi connectivity index (χ3n) is 2.49. The zero-order valence-corrected chi connectivity index (χ0v) is 9.83. The summed E-state index contributed by atoms with van der Waals surface area (Å²) in [6.45, 7) is 6.06. The van der Waals surface area contributed by atoms with Gasteiger partial charge in [-0.3, -0.25) is 4.79 Å². The number of benzene rings is 1. The smallest absolute Gasteiger partial charge is 0.166 e. The summed E-state index contributed by atoms with van der Waals surface area (Å²) in [5, 5.41) is 0. The molecule has 0 saturated carbocycles. The first-order valence-electron chi connectivity index (χ1n) is 5.31. The molecule has 0 N–H and O–H groups in total. The third kappa shape index (κ3) is 2.38. The van der Waals surface area contributed by atoms with Gasteiger partial charge in [-0.05, 0) is 17.5 Å². The van der Waals surface area contributed by atoms with Gasteiger partial charge in [-0.15, -0.1) is 0 Å². The Morgan fingerprint density at radius 3 is 2.53 bits per heavy atom. The van der Waals surface area contributed by atoms with Crippen molar-refractivity contribution in [3.63, 3.8) is 0 Å². The molecule has 0 saturated heterocycles. The molecule has 15 heavy (non-hydrogen) atoms. The highest BCUT2D eigenvalue weighted by Crippen LogP contribution is 2.30. The Bertz CT molecular complexity index is 354. The lowest BCUT2D eigenvalue weighted by molar-refractivity contribution is 0.0985. The number of rotatable bonds is 4. The second kappa shape index (κ2) is 4.96. The molecule has 0 aliphatic heterocycles. The van der Waals surface area contributed by atoms with E-state index in [-0.39, 0.29) is 5.78 Å². The van der Waals surface area contributed by atoms with Gasteiger partial charge >= 0.3 is 0 Å². The van der Waals surface area contributed by atoms with Crippen molar-refractivity contribution in [2.24, 2.45) is 0 Å². The molecule has 0 heterocycles. The van der Waals surface area contributed by atoms with Gasteiger partial charge in [0, 0.05) is 6.42 Å². The predicted octanol–water partition coefficient (Wildman–Crippen LogP) is 3.41. The Kier molecular flexibility index (Phi) is 3.89.